The van der Waals surface area contributed by atoms with E-state index >= 15 is 0 Å². The quantitative estimate of drug-likeness (QED) is 0.808. The van der Waals surface area contributed by atoms with Gasteiger partial charge in [0.2, 0.25) is 10.0 Å². The minimum Gasteiger partial charge on any atom is -0.310 e. The first kappa shape index (κ1) is 16.9. The Hall–Kier alpha value is -0.430. The van der Waals surface area contributed by atoms with E-state index in [9.17, 15) is 8.42 Å². The van der Waals surface area contributed by atoms with Crippen molar-refractivity contribution in [2.24, 2.45) is 5.92 Å². The molecule has 6 heteroatoms. The highest BCUT2D eigenvalue weighted by molar-refractivity contribution is 7.91. The Labute approximate surface area is 132 Å². The van der Waals surface area contributed by atoms with E-state index in [0.717, 1.165) is 29.8 Å². The van der Waals surface area contributed by atoms with Gasteiger partial charge >= 0.3 is 0 Å². The van der Waals surface area contributed by atoms with Crippen LogP contribution in [-0.4, -0.2) is 21.0 Å². The van der Waals surface area contributed by atoms with Gasteiger partial charge in [-0.3, -0.25) is 0 Å². The smallest absolute Gasteiger partial charge is 0.250 e. The molecule has 1 aliphatic rings. The third-order valence-electron chi connectivity index (χ3n) is 3.97. The molecule has 0 atom stereocenters. The number of aryl methyl sites for hydroxylation is 1. The van der Waals surface area contributed by atoms with E-state index in [-0.39, 0.29) is 0 Å². The Bertz CT molecular complexity index is 558. The highest BCUT2D eigenvalue weighted by atomic mass is 32.2. The zero-order valence-electron chi connectivity index (χ0n) is 13.1. The van der Waals surface area contributed by atoms with Gasteiger partial charge in [-0.05, 0) is 37.3 Å². The molecule has 0 radical (unpaired) electrons. The number of thiophene rings is 1. The van der Waals surface area contributed by atoms with Crippen LogP contribution in [0.2, 0.25) is 0 Å². The second-order valence-corrected chi connectivity index (χ2v) is 9.34. The van der Waals surface area contributed by atoms with Crippen molar-refractivity contribution < 1.29 is 8.42 Å². The number of hydrogen-bond acceptors (Lipinski definition) is 4. The Morgan fingerprint density at radius 2 is 2.00 bits per heavy atom. The van der Waals surface area contributed by atoms with Crippen molar-refractivity contribution in [1.82, 2.24) is 10.0 Å². The summed E-state index contributed by atoms with van der Waals surface area (Å²) >= 11 is 1.38. The van der Waals surface area contributed by atoms with E-state index in [4.69, 9.17) is 0 Å². The number of nitrogens with one attached hydrogen (secondary N) is 2. The molecule has 21 heavy (non-hydrogen) atoms. The van der Waals surface area contributed by atoms with Crippen LogP contribution in [0.5, 0.6) is 0 Å². The fourth-order valence-electron chi connectivity index (χ4n) is 2.61. The monoisotopic (exact) mass is 330 g/mol. The molecule has 0 aliphatic heterocycles. The molecular weight excluding hydrogens is 304 g/mol. The van der Waals surface area contributed by atoms with Crippen molar-refractivity contribution in [2.45, 2.75) is 63.3 Å². The molecule has 0 bridgehead atoms. The summed E-state index contributed by atoms with van der Waals surface area (Å²) in [6.45, 7) is 7.46. The van der Waals surface area contributed by atoms with Gasteiger partial charge in [-0.25, -0.2) is 13.1 Å². The first-order chi connectivity index (χ1) is 9.88. The lowest BCUT2D eigenvalue weighted by Crippen LogP contribution is -2.27. The minimum atomic E-state index is -3.35. The third kappa shape index (κ3) is 4.77. The van der Waals surface area contributed by atoms with E-state index in [0.29, 0.717) is 22.7 Å². The maximum Gasteiger partial charge on any atom is 0.250 e. The van der Waals surface area contributed by atoms with Crippen molar-refractivity contribution >= 4 is 21.4 Å². The molecule has 1 aliphatic carbocycles. The molecule has 4 nitrogen and oxygen atoms in total. The van der Waals surface area contributed by atoms with Crippen LogP contribution in [0.15, 0.2) is 10.3 Å². The Morgan fingerprint density at radius 3 is 2.62 bits per heavy atom. The maximum absolute atomic E-state index is 12.4. The van der Waals surface area contributed by atoms with Crippen LogP contribution < -0.4 is 10.0 Å². The lowest BCUT2D eigenvalue weighted by molar-refractivity contribution is 0.520. The van der Waals surface area contributed by atoms with Gasteiger partial charge in [0.1, 0.15) is 4.21 Å². The predicted octanol–water partition coefficient (Wildman–Crippen LogP) is 3.02. The molecule has 1 aromatic heterocycles. The molecule has 1 aromatic rings. The largest absolute Gasteiger partial charge is 0.310 e. The molecule has 0 spiro atoms. The van der Waals surface area contributed by atoms with Crippen LogP contribution in [0, 0.1) is 12.8 Å². The summed E-state index contributed by atoms with van der Waals surface area (Å²) < 4.78 is 28.0. The molecule has 2 rings (SSSR count). The average molecular weight is 331 g/mol. The molecule has 120 valence electrons. The molecule has 0 amide bonds. The van der Waals surface area contributed by atoms with E-state index in [1.807, 2.05) is 6.92 Å². The topological polar surface area (TPSA) is 58.2 Å². The normalized spacial score (nSPS) is 17.0. The fourth-order valence-corrected chi connectivity index (χ4v) is 5.31. The van der Waals surface area contributed by atoms with Crippen LogP contribution in [0.1, 0.15) is 50.0 Å². The SMILES string of the molecule is Cc1cc(S(=O)(=O)NCC2CCCC2)sc1CNC(C)C. The summed E-state index contributed by atoms with van der Waals surface area (Å²) in [6, 6.07) is 2.19. The Balaban J connectivity index is 2.00. The summed E-state index contributed by atoms with van der Waals surface area (Å²) in [4.78, 5) is 1.10. The molecule has 1 saturated carbocycles. The molecule has 0 aromatic carbocycles. The van der Waals surface area contributed by atoms with E-state index in [2.05, 4.69) is 23.9 Å². The molecule has 1 fully saturated rings. The van der Waals surface area contributed by atoms with Gasteiger partial charge in [0.15, 0.2) is 0 Å². The van der Waals surface area contributed by atoms with E-state index in [1.165, 1.54) is 24.2 Å². The molecule has 0 unspecified atom stereocenters. The highest BCUT2D eigenvalue weighted by Gasteiger charge is 2.22. The number of rotatable bonds is 7. The molecular formula is C15H26N2O2S2. The highest BCUT2D eigenvalue weighted by Crippen LogP contribution is 2.27. The van der Waals surface area contributed by atoms with Crippen LogP contribution in [0.25, 0.3) is 0 Å². The van der Waals surface area contributed by atoms with Gasteiger partial charge in [0.05, 0.1) is 0 Å². The first-order valence-electron chi connectivity index (χ1n) is 7.71. The van der Waals surface area contributed by atoms with Crippen molar-refractivity contribution in [3.05, 3.63) is 16.5 Å². The average Bonchev–Trinajstić information content (AvgIpc) is 3.04. The first-order valence-corrected chi connectivity index (χ1v) is 10.0. The lowest BCUT2D eigenvalue weighted by Gasteiger charge is -2.10. The van der Waals surface area contributed by atoms with Gasteiger partial charge in [0.25, 0.3) is 0 Å². The number of sulfonamides is 1. The zero-order chi connectivity index (χ0) is 15.5. The maximum atomic E-state index is 12.4. The van der Waals surface area contributed by atoms with E-state index < -0.39 is 10.0 Å². The molecule has 1 heterocycles. The second kappa shape index (κ2) is 7.22. The van der Waals surface area contributed by atoms with Crippen molar-refractivity contribution in [2.75, 3.05) is 6.54 Å². The fraction of sp³-hybridized carbons (Fsp3) is 0.733. The summed E-state index contributed by atoms with van der Waals surface area (Å²) in [5.74, 6) is 0.517. The Morgan fingerprint density at radius 1 is 1.33 bits per heavy atom. The van der Waals surface area contributed by atoms with Gasteiger partial charge < -0.3 is 5.32 Å². The van der Waals surface area contributed by atoms with Crippen molar-refractivity contribution in [1.29, 1.82) is 0 Å². The van der Waals surface area contributed by atoms with Gasteiger partial charge in [-0.1, -0.05) is 26.7 Å². The predicted molar refractivity (Wildman–Crippen MR) is 88.2 cm³/mol. The van der Waals surface area contributed by atoms with Gasteiger partial charge in [0, 0.05) is 24.0 Å². The lowest BCUT2D eigenvalue weighted by atomic mass is 10.1. The van der Waals surface area contributed by atoms with Crippen LogP contribution in [0.4, 0.5) is 0 Å². The summed E-state index contributed by atoms with van der Waals surface area (Å²) in [5.41, 5.74) is 1.05. The second-order valence-electron chi connectivity index (χ2n) is 6.21. The summed E-state index contributed by atoms with van der Waals surface area (Å²) in [6.07, 6.45) is 4.76. The van der Waals surface area contributed by atoms with Crippen molar-refractivity contribution in [3.63, 3.8) is 0 Å². The number of hydrogen-bond donors (Lipinski definition) is 2. The van der Waals surface area contributed by atoms with Gasteiger partial charge in [-0.15, -0.1) is 11.3 Å². The molecule has 2 N–H and O–H groups in total. The van der Waals surface area contributed by atoms with Crippen LogP contribution in [0.3, 0.4) is 0 Å². The third-order valence-corrected chi connectivity index (χ3v) is 7.10. The van der Waals surface area contributed by atoms with E-state index in [1.54, 1.807) is 6.07 Å². The molecule has 0 saturated heterocycles. The van der Waals surface area contributed by atoms with Crippen LogP contribution >= 0.6 is 11.3 Å². The van der Waals surface area contributed by atoms with Gasteiger partial charge in [-0.2, -0.15) is 0 Å². The summed E-state index contributed by atoms with van der Waals surface area (Å²) in [7, 11) is -3.35. The van der Waals surface area contributed by atoms with Crippen LogP contribution in [-0.2, 0) is 16.6 Å². The Kier molecular flexibility index (Phi) is 5.82. The standard InChI is InChI=1S/C15H26N2O2S2/c1-11(2)16-10-14-12(3)8-15(20-14)21(18,19)17-9-13-6-4-5-7-13/h8,11,13,16-17H,4-7,9-10H2,1-3H3. The minimum absolute atomic E-state index is 0.395. The zero-order valence-corrected chi connectivity index (χ0v) is 14.7. The summed E-state index contributed by atoms with van der Waals surface area (Å²) in [5, 5.41) is 3.34. The van der Waals surface area contributed by atoms with Crippen molar-refractivity contribution in [3.8, 4) is 0 Å².